The highest BCUT2D eigenvalue weighted by Gasteiger charge is 2.23. The van der Waals surface area contributed by atoms with Crippen molar-refractivity contribution in [2.45, 2.75) is 24.0 Å². The molecule has 0 aromatic heterocycles. The molecule has 0 fully saturated rings. The van der Waals surface area contributed by atoms with Gasteiger partial charge in [-0.05, 0) is 47.9 Å². The predicted octanol–water partition coefficient (Wildman–Crippen LogP) is 5.60. The molecule has 0 atom stereocenters. The highest BCUT2D eigenvalue weighted by atomic mass is 35.5. The van der Waals surface area contributed by atoms with E-state index in [0.29, 0.717) is 28.6 Å². The molecule has 8 heteroatoms. The quantitative estimate of drug-likeness (QED) is 0.398. The van der Waals surface area contributed by atoms with E-state index < -0.39 is 15.9 Å². The van der Waals surface area contributed by atoms with Crippen LogP contribution in [0.4, 0.5) is 11.4 Å². The van der Waals surface area contributed by atoms with Crippen molar-refractivity contribution in [3.05, 3.63) is 88.9 Å². The molecule has 0 radical (unpaired) electrons. The lowest BCUT2D eigenvalue weighted by molar-refractivity contribution is -0.114. The molecule has 0 aliphatic carbocycles. The van der Waals surface area contributed by atoms with Gasteiger partial charge in [0.15, 0.2) is 0 Å². The number of aryl methyl sites for hydroxylation is 1. The van der Waals surface area contributed by atoms with Crippen molar-refractivity contribution in [1.29, 1.82) is 0 Å². The van der Waals surface area contributed by atoms with Gasteiger partial charge < -0.3 is 5.32 Å². The first-order valence-corrected chi connectivity index (χ1v) is 13.3. The van der Waals surface area contributed by atoms with Crippen LogP contribution in [0.5, 0.6) is 0 Å². The Balaban J connectivity index is 1.75. The number of nitrogens with one attached hydrogen (secondary N) is 1. The molecule has 3 aromatic rings. The summed E-state index contributed by atoms with van der Waals surface area (Å²) in [5, 5.41) is 3.57. The van der Waals surface area contributed by atoms with Crippen LogP contribution in [0, 0.1) is 0 Å². The number of sulfonamides is 1. The third-order valence-corrected chi connectivity index (χ3v) is 7.32. The number of carbonyl (C=O) groups is 1. The third kappa shape index (κ3) is 6.51. The average Bonchev–Trinajstić information content (AvgIpc) is 2.77. The van der Waals surface area contributed by atoms with Gasteiger partial charge in [0.05, 0.1) is 17.6 Å². The molecular weight excluding hydrogens is 464 g/mol. The van der Waals surface area contributed by atoms with E-state index >= 15 is 0 Å². The Labute approximate surface area is 198 Å². The number of nitrogens with zero attached hydrogens (tertiary/aromatic N) is 1. The van der Waals surface area contributed by atoms with Crippen molar-refractivity contribution < 1.29 is 13.2 Å². The molecule has 3 aromatic carbocycles. The van der Waals surface area contributed by atoms with Gasteiger partial charge in [-0.3, -0.25) is 9.10 Å². The second-order valence-electron chi connectivity index (χ2n) is 7.21. The van der Waals surface area contributed by atoms with Crippen LogP contribution in [0.2, 0.25) is 5.02 Å². The zero-order valence-corrected chi connectivity index (χ0v) is 20.3. The zero-order valence-electron chi connectivity index (χ0n) is 17.9. The van der Waals surface area contributed by atoms with Crippen molar-refractivity contribution in [3.63, 3.8) is 0 Å². The van der Waals surface area contributed by atoms with E-state index in [4.69, 9.17) is 11.6 Å². The second kappa shape index (κ2) is 10.9. The fourth-order valence-corrected chi connectivity index (χ4v) is 5.17. The van der Waals surface area contributed by atoms with Crippen molar-refractivity contribution in [3.8, 4) is 0 Å². The van der Waals surface area contributed by atoms with Gasteiger partial charge >= 0.3 is 0 Å². The van der Waals surface area contributed by atoms with Crippen molar-refractivity contribution in [2.75, 3.05) is 22.4 Å². The van der Waals surface area contributed by atoms with Crippen LogP contribution < -0.4 is 9.62 Å². The zero-order chi connectivity index (χ0) is 23.1. The van der Waals surface area contributed by atoms with Gasteiger partial charge in [0.2, 0.25) is 15.9 Å². The van der Waals surface area contributed by atoms with E-state index in [-0.39, 0.29) is 6.54 Å². The molecule has 3 rings (SSSR count). The Morgan fingerprint density at radius 2 is 1.66 bits per heavy atom. The Kier molecular flexibility index (Phi) is 8.23. The fourth-order valence-electron chi connectivity index (χ4n) is 3.19. The molecule has 0 bridgehead atoms. The van der Waals surface area contributed by atoms with Crippen molar-refractivity contribution in [2.24, 2.45) is 0 Å². The number of anilines is 2. The van der Waals surface area contributed by atoms with Crippen LogP contribution in [0.15, 0.2) is 77.7 Å². The summed E-state index contributed by atoms with van der Waals surface area (Å²) in [5.41, 5.74) is 3.15. The molecule has 0 aliphatic heterocycles. The Morgan fingerprint density at radius 1 is 1.00 bits per heavy atom. The molecule has 1 N–H and O–H groups in total. The van der Waals surface area contributed by atoms with E-state index in [1.807, 2.05) is 67.6 Å². The minimum atomic E-state index is -3.64. The summed E-state index contributed by atoms with van der Waals surface area (Å²) in [6, 6.07) is 22.3. The molecule has 0 saturated heterocycles. The minimum absolute atomic E-state index is 0.300. The molecule has 0 saturated carbocycles. The number of benzene rings is 3. The molecule has 32 heavy (non-hydrogen) atoms. The van der Waals surface area contributed by atoms with Crippen molar-refractivity contribution >= 4 is 50.7 Å². The number of halogens is 1. The first-order valence-electron chi connectivity index (χ1n) is 10.1. The SMILES string of the molecule is CCc1ccccc1N(CC(=O)Nc1ccccc1SCc1ccc(Cl)cc1)S(C)(=O)=O. The number of carbonyl (C=O) groups excluding carboxylic acids is 1. The van der Waals surface area contributed by atoms with Gasteiger partial charge in [-0.25, -0.2) is 8.42 Å². The highest BCUT2D eigenvalue weighted by molar-refractivity contribution is 7.98. The molecule has 5 nitrogen and oxygen atoms in total. The monoisotopic (exact) mass is 488 g/mol. The van der Waals surface area contributed by atoms with E-state index in [0.717, 1.165) is 26.6 Å². The lowest BCUT2D eigenvalue weighted by Crippen LogP contribution is -2.38. The summed E-state index contributed by atoms with van der Waals surface area (Å²) < 4.78 is 26.1. The van der Waals surface area contributed by atoms with E-state index in [1.165, 1.54) is 0 Å². The number of rotatable bonds is 9. The summed E-state index contributed by atoms with van der Waals surface area (Å²) in [5.74, 6) is 0.310. The summed E-state index contributed by atoms with van der Waals surface area (Å²) in [4.78, 5) is 13.8. The third-order valence-electron chi connectivity index (χ3n) is 4.80. The average molecular weight is 489 g/mol. The molecule has 0 unspecified atom stereocenters. The molecule has 0 aliphatic rings. The van der Waals surface area contributed by atoms with Crippen LogP contribution in [0.3, 0.4) is 0 Å². The lowest BCUT2D eigenvalue weighted by atomic mass is 10.1. The summed E-state index contributed by atoms with van der Waals surface area (Å²) in [7, 11) is -3.64. The second-order valence-corrected chi connectivity index (χ2v) is 10.6. The lowest BCUT2D eigenvalue weighted by Gasteiger charge is -2.24. The van der Waals surface area contributed by atoms with E-state index in [2.05, 4.69) is 5.32 Å². The van der Waals surface area contributed by atoms with Crippen LogP contribution in [0.1, 0.15) is 18.1 Å². The highest BCUT2D eigenvalue weighted by Crippen LogP contribution is 2.30. The van der Waals surface area contributed by atoms with E-state index in [9.17, 15) is 13.2 Å². The molecular formula is C24H25ClN2O3S2. The topological polar surface area (TPSA) is 66.5 Å². The molecule has 0 spiro atoms. The Bertz CT molecular complexity index is 1180. The molecule has 0 heterocycles. The maximum absolute atomic E-state index is 12.9. The first kappa shape index (κ1) is 24.2. The maximum Gasteiger partial charge on any atom is 0.245 e. The number of hydrogen-bond acceptors (Lipinski definition) is 4. The van der Waals surface area contributed by atoms with Crippen molar-refractivity contribution in [1.82, 2.24) is 0 Å². The van der Waals surface area contributed by atoms with Gasteiger partial charge in [-0.1, -0.05) is 61.0 Å². The van der Waals surface area contributed by atoms with Crippen LogP contribution in [0.25, 0.3) is 0 Å². The Hall–Kier alpha value is -2.48. The number of hydrogen-bond donors (Lipinski definition) is 1. The normalized spacial score (nSPS) is 11.2. The molecule has 168 valence electrons. The van der Waals surface area contributed by atoms with Gasteiger partial charge in [0.1, 0.15) is 6.54 Å². The van der Waals surface area contributed by atoms with Crippen LogP contribution >= 0.6 is 23.4 Å². The molecule has 1 amide bonds. The van der Waals surface area contributed by atoms with Crippen LogP contribution in [-0.2, 0) is 27.0 Å². The van der Waals surface area contributed by atoms with Gasteiger partial charge in [0, 0.05) is 15.7 Å². The summed E-state index contributed by atoms with van der Waals surface area (Å²) in [6.07, 6.45) is 1.77. The van der Waals surface area contributed by atoms with Crippen LogP contribution in [-0.4, -0.2) is 27.1 Å². The standard InChI is InChI=1S/C24H25ClN2O3S2/c1-3-19-8-4-6-10-22(19)27(32(2,29)30)16-24(28)26-21-9-5-7-11-23(21)31-17-18-12-14-20(25)15-13-18/h4-15H,3,16-17H2,1-2H3,(H,26,28). The Morgan fingerprint density at radius 3 is 2.34 bits per heavy atom. The first-order chi connectivity index (χ1) is 15.3. The number of amides is 1. The van der Waals surface area contributed by atoms with Gasteiger partial charge in [-0.15, -0.1) is 11.8 Å². The number of thioether (sulfide) groups is 1. The number of para-hydroxylation sites is 2. The minimum Gasteiger partial charge on any atom is -0.323 e. The summed E-state index contributed by atoms with van der Waals surface area (Å²) >= 11 is 7.53. The van der Waals surface area contributed by atoms with Gasteiger partial charge in [0.25, 0.3) is 0 Å². The van der Waals surface area contributed by atoms with Gasteiger partial charge in [-0.2, -0.15) is 0 Å². The summed E-state index contributed by atoms with van der Waals surface area (Å²) in [6.45, 7) is 1.65. The smallest absolute Gasteiger partial charge is 0.245 e. The predicted molar refractivity (Wildman–Crippen MR) is 134 cm³/mol. The fraction of sp³-hybridized carbons (Fsp3) is 0.208. The largest absolute Gasteiger partial charge is 0.323 e. The maximum atomic E-state index is 12.9. The van der Waals surface area contributed by atoms with E-state index in [1.54, 1.807) is 23.9 Å².